The highest BCUT2D eigenvalue weighted by molar-refractivity contribution is 5.77. The van der Waals surface area contributed by atoms with Crippen molar-refractivity contribution < 1.29 is 9.90 Å². The van der Waals surface area contributed by atoms with Gasteiger partial charge in [0.2, 0.25) is 0 Å². The van der Waals surface area contributed by atoms with E-state index in [4.69, 9.17) is 10.4 Å². The molecule has 1 rings (SSSR count). The van der Waals surface area contributed by atoms with Gasteiger partial charge in [0.05, 0.1) is 5.56 Å². The number of anilines is 1. The molecule has 0 fully saturated rings. The second kappa shape index (κ2) is 5.85. The van der Waals surface area contributed by atoms with Crippen LogP contribution >= 0.6 is 0 Å². The Balaban J connectivity index is 2.94. The third-order valence-corrected chi connectivity index (χ3v) is 2.70. The maximum absolute atomic E-state index is 11.1. The summed E-state index contributed by atoms with van der Waals surface area (Å²) in [5.41, 5.74) is 0.349. The van der Waals surface area contributed by atoms with Crippen LogP contribution in [0.2, 0.25) is 0 Å². The molecule has 1 heterocycles. The Hall–Kier alpha value is -2.09. The first kappa shape index (κ1) is 13.0. The number of nitriles is 1. The van der Waals surface area contributed by atoms with Gasteiger partial charge in [-0.2, -0.15) is 5.26 Å². The van der Waals surface area contributed by atoms with Crippen molar-refractivity contribution in [2.45, 2.75) is 26.3 Å². The van der Waals surface area contributed by atoms with Gasteiger partial charge in [0.15, 0.2) is 0 Å². The van der Waals surface area contributed by atoms with E-state index in [2.05, 4.69) is 10.3 Å². The van der Waals surface area contributed by atoms with Crippen LogP contribution in [0.25, 0.3) is 0 Å². The molecule has 1 aromatic rings. The van der Waals surface area contributed by atoms with E-state index in [0.717, 1.165) is 6.42 Å². The number of carboxylic acid groups (broad SMARTS) is 1. The number of nitrogens with zero attached hydrogens (tertiary/aromatic N) is 2. The number of rotatable bonds is 5. The van der Waals surface area contributed by atoms with Gasteiger partial charge in [-0.3, -0.25) is 0 Å². The van der Waals surface area contributed by atoms with Crippen LogP contribution in [0, 0.1) is 17.2 Å². The monoisotopic (exact) mass is 233 g/mol. The summed E-state index contributed by atoms with van der Waals surface area (Å²) >= 11 is 0. The molecule has 0 bridgehead atoms. The number of hydrogen-bond donors (Lipinski definition) is 2. The number of nitrogens with one attached hydrogen (secondary N) is 1. The highest BCUT2D eigenvalue weighted by Gasteiger charge is 2.24. The predicted octanol–water partition coefficient (Wildman–Crippen LogP) is 1.86. The smallest absolute Gasteiger partial charge is 0.326 e. The van der Waals surface area contributed by atoms with Gasteiger partial charge in [-0.15, -0.1) is 0 Å². The number of pyridine rings is 1. The van der Waals surface area contributed by atoms with E-state index in [1.54, 1.807) is 12.1 Å². The summed E-state index contributed by atoms with van der Waals surface area (Å²) in [6.45, 7) is 3.77. The van der Waals surface area contributed by atoms with E-state index in [1.807, 2.05) is 19.9 Å². The summed E-state index contributed by atoms with van der Waals surface area (Å²) in [6.07, 6.45) is 2.26. The van der Waals surface area contributed by atoms with Gasteiger partial charge < -0.3 is 10.4 Å². The Labute approximate surface area is 100 Å². The lowest BCUT2D eigenvalue weighted by molar-refractivity contribution is -0.139. The van der Waals surface area contributed by atoms with Crippen LogP contribution in [-0.2, 0) is 4.79 Å². The lowest BCUT2D eigenvalue weighted by atomic mass is 9.99. The van der Waals surface area contributed by atoms with E-state index in [0.29, 0.717) is 11.4 Å². The normalized spacial score (nSPS) is 13.5. The molecule has 0 amide bonds. The Kier molecular flexibility index (Phi) is 4.46. The first-order valence-electron chi connectivity index (χ1n) is 5.44. The van der Waals surface area contributed by atoms with Crippen molar-refractivity contribution in [2.24, 2.45) is 5.92 Å². The molecule has 0 aliphatic rings. The van der Waals surface area contributed by atoms with E-state index < -0.39 is 12.0 Å². The third-order valence-electron chi connectivity index (χ3n) is 2.70. The zero-order valence-corrected chi connectivity index (χ0v) is 9.84. The summed E-state index contributed by atoms with van der Waals surface area (Å²) in [6, 6.07) is 4.49. The molecular formula is C12H15N3O2. The Bertz CT molecular complexity index is 440. The van der Waals surface area contributed by atoms with E-state index in [-0.39, 0.29) is 5.92 Å². The molecule has 0 saturated carbocycles. The number of carbonyl (C=O) groups is 1. The van der Waals surface area contributed by atoms with Crippen molar-refractivity contribution in [2.75, 3.05) is 5.32 Å². The van der Waals surface area contributed by atoms with E-state index in [9.17, 15) is 4.79 Å². The van der Waals surface area contributed by atoms with Crippen molar-refractivity contribution >= 4 is 11.8 Å². The lowest BCUT2D eigenvalue weighted by Gasteiger charge is -2.20. The standard InChI is InChI=1S/C12H15N3O2/c1-3-8(2)10(12(16)17)15-11-9(7-13)5-4-6-14-11/h4-6,8,10H,3H2,1-2H3,(H,14,15)(H,16,17). The van der Waals surface area contributed by atoms with Gasteiger partial charge in [0.25, 0.3) is 0 Å². The SMILES string of the molecule is CCC(C)C(Nc1ncccc1C#N)C(=O)O. The summed E-state index contributed by atoms with van der Waals surface area (Å²) in [7, 11) is 0. The zero-order valence-electron chi connectivity index (χ0n) is 9.84. The third kappa shape index (κ3) is 3.18. The maximum Gasteiger partial charge on any atom is 0.326 e. The van der Waals surface area contributed by atoms with Gasteiger partial charge in [0.1, 0.15) is 17.9 Å². The second-order valence-corrected chi connectivity index (χ2v) is 3.86. The van der Waals surface area contributed by atoms with E-state index in [1.165, 1.54) is 6.20 Å². The molecule has 0 radical (unpaired) electrons. The minimum absolute atomic E-state index is 0.0407. The Morgan fingerprint density at radius 2 is 2.41 bits per heavy atom. The van der Waals surface area contributed by atoms with Gasteiger partial charge in [-0.05, 0) is 18.1 Å². The largest absolute Gasteiger partial charge is 0.480 e. The van der Waals surface area contributed by atoms with Crippen LogP contribution in [0.4, 0.5) is 5.82 Å². The fraction of sp³-hybridized carbons (Fsp3) is 0.417. The minimum atomic E-state index is -0.936. The van der Waals surface area contributed by atoms with Crippen LogP contribution in [0.5, 0.6) is 0 Å². The van der Waals surface area contributed by atoms with Gasteiger partial charge in [-0.25, -0.2) is 9.78 Å². The zero-order chi connectivity index (χ0) is 12.8. The first-order chi connectivity index (χ1) is 8.10. The molecule has 2 atom stereocenters. The molecular weight excluding hydrogens is 218 g/mol. The van der Waals surface area contributed by atoms with Crippen LogP contribution in [-0.4, -0.2) is 22.1 Å². The molecule has 17 heavy (non-hydrogen) atoms. The molecule has 0 aromatic carbocycles. The quantitative estimate of drug-likeness (QED) is 0.810. The fourth-order valence-corrected chi connectivity index (χ4v) is 1.44. The summed E-state index contributed by atoms with van der Waals surface area (Å²) in [5, 5.41) is 20.8. The number of aromatic nitrogens is 1. The second-order valence-electron chi connectivity index (χ2n) is 3.86. The average molecular weight is 233 g/mol. The molecule has 5 heteroatoms. The molecule has 0 aliphatic carbocycles. The number of carboxylic acids is 1. The Morgan fingerprint density at radius 3 is 2.94 bits per heavy atom. The van der Waals surface area contributed by atoms with Gasteiger partial charge in [-0.1, -0.05) is 20.3 Å². The molecule has 2 N–H and O–H groups in total. The van der Waals surface area contributed by atoms with Gasteiger partial charge in [0, 0.05) is 6.20 Å². The van der Waals surface area contributed by atoms with Crippen molar-refractivity contribution in [1.82, 2.24) is 4.98 Å². The van der Waals surface area contributed by atoms with Gasteiger partial charge >= 0.3 is 5.97 Å². The highest BCUT2D eigenvalue weighted by atomic mass is 16.4. The van der Waals surface area contributed by atoms with E-state index >= 15 is 0 Å². The summed E-state index contributed by atoms with van der Waals surface area (Å²) < 4.78 is 0. The molecule has 90 valence electrons. The maximum atomic E-state index is 11.1. The molecule has 0 saturated heterocycles. The first-order valence-corrected chi connectivity index (χ1v) is 5.44. The fourth-order valence-electron chi connectivity index (χ4n) is 1.44. The molecule has 1 aromatic heterocycles. The lowest BCUT2D eigenvalue weighted by Crippen LogP contribution is -2.35. The predicted molar refractivity (Wildman–Crippen MR) is 63.5 cm³/mol. The molecule has 2 unspecified atom stereocenters. The molecule has 5 nitrogen and oxygen atoms in total. The van der Waals surface area contributed by atoms with Crippen LogP contribution < -0.4 is 5.32 Å². The Morgan fingerprint density at radius 1 is 1.71 bits per heavy atom. The van der Waals surface area contributed by atoms with Crippen molar-refractivity contribution in [3.05, 3.63) is 23.9 Å². The van der Waals surface area contributed by atoms with Crippen molar-refractivity contribution in [1.29, 1.82) is 5.26 Å². The highest BCUT2D eigenvalue weighted by Crippen LogP contribution is 2.16. The number of aliphatic carboxylic acids is 1. The molecule has 0 spiro atoms. The topological polar surface area (TPSA) is 86.0 Å². The van der Waals surface area contributed by atoms with Crippen molar-refractivity contribution in [3.63, 3.8) is 0 Å². The number of hydrogen-bond acceptors (Lipinski definition) is 4. The summed E-state index contributed by atoms with van der Waals surface area (Å²) in [4.78, 5) is 15.1. The molecule has 0 aliphatic heterocycles. The van der Waals surface area contributed by atoms with Crippen LogP contribution in [0.3, 0.4) is 0 Å². The minimum Gasteiger partial charge on any atom is -0.480 e. The van der Waals surface area contributed by atoms with Crippen molar-refractivity contribution in [3.8, 4) is 6.07 Å². The van der Waals surface area contributed by atoms with Crippen LogP contribution in [0.1, 0.15) is 25.8 Å². The van der Waals surface area contributed by atoms with Crippen LogP contribution in [0.15, 0.2) is 18.3 Å². The summed E-state index contributed by atoms with van der Waals surface area (Å²) in [5.74, 6) is -0.655. The average Bonchev–Trinajstić information content (AvgIpc) is 2.35.